The summed E-state index contributed by atoms with van der Waals surface area (Å²) >= 11 is 0. The number of hydrogen-bond acceptors (Lipinski definition) is 7. The standard InChI is InChI=1S/C9H9N5O3/c10-7-3-6(14(15)16)1-2-8(7)11-4-9-12-5-17-13-9/h1-3,5,11H,4,10H2. The Labute approximate surface area is 95.6 Å². The molecule has 0 aliphatic carbocycles. The van der Waals surface area contributed by atoms with Crippen LogP contribution in [0, 0.1) is 10.1 Å². The number of nitro benzene ring substituents is 1. The number of hydrogen-bond donors (Lipinski definition) is 2. The van der Waals surface area contributed by atoms with E-state index in [2.05, 4.69) is 20.0 Å². The highest BCUT2D eigenvalue weighted by Crippen LogP contribution is 2.24. The van der Waals surface area contributed by atoms with Crippen molar-refractivity contribution in [3.63, 3.8) is 0 Å². The summed E-state index contributed by atoms with van der Waals surface area (Å²) < 4.78 is 4.56. The highest BCUT2D eigenvalue weighted by molar-refractivity contribution is 5.69. The first-order valence-corrected chi connectivity index (χ1v) is 4.70. The molecular formula is C9H9N5O3. The normalized spacial score (nSPS) is 10.1. The van der Waals surface area contributed by atoms with Crippen LogP contribution in [0.25, 0.3) is 0 Å². The number of aromatic nitrogens is 2. The highest BCUT2D eigenvalue weighted by Gasteiger charge is 2.08. The minimum Gasteiger partial charge on any atom is -0.397 e. The zero-order valence-corrected chi connectivity index (χ0v) is 8.66. The van der Waals surface area contributed by atoms with E-state index in [1.54, 1.807) is 0 Å². The van der Waals surface area contributed by atoms with Gasteiger partial charge in [-0.05, 0) is 6.07 Å². The van der Waals surface area contributed by atoms with Crippen LogP contribution >= 0.6 is 0 Å². The number of benzene rings is 1. The molecule has 1 aromatic carbocycles. The summed E-state index contributed by atoms with van der Waals surface area (Å²) in [6, 6.07) is 4.20. The van der Waals surface area contributed by atoms with Crippen molar-refractivity contribution in [2.24, 2.45) is 0 Å². The Kier molecular flexibility index (Phi) is 2.86. The number of nitrogen functional groups attached to an aromatic ring is 1. The number of non-ortho nitro benzene ring substituents is 1. The van der Waals surface area contributed by atoms with E-state index in [1.807, 2.05) is 0 Å². The largest absolute Gasteiger partial charge is 0.397 e. The van der Waals surface area contributed by atoms with Gasteiger partial charge in [-0.3, -0.25) is 10.1 Å². The molecule has 0 unspecified atom stereocenters. The van der Waals surface area contributed by atoms with Gasteiger partial charge in [0.2, 0.25) is 6.39 Å². The second kappa shape index (κ2) is 4.47. The SMILES string of the molecule is Nc1cc([N+](=O)[O-])ccc1NCc1ncon1. The molecule has 88 valence electrons. The molecule has 8 heteroatoms. The maximum atomic E-state index is 10.5. The summed E-state index contributed by atoms with van der Waals surface area (Å²) in [6.45, 7) is 0.332. The van der Waals surface area contributed by atoms with Gasteiger partial charge in [-0.2, -0.15) is 4.98 Å². The summed E-state index contributed by atoms with van der Waals surface area (Å²) in [5, 5.41) is 17.1. The molecule has 2 rings (SSSR count). The molecule has 0 atom stereocenters. The molecule has 2 aromatic rings. The Hall–Kier alpha value is -2.64. The second-order valence-corrected chi connectivity index (χ2v) is 3.23. The van der Waals surface area contributed by atoms with Gasteiger partial charge in [-0.25, -0.2) is 0 Å². The molecular weight excluding hydrogens is 226 g/mol. The molecule has 0 spiro atoms. The molecule has 1 heterocycles. The van der Waals surface area contributed by atoms with Crippen LogP contribution in [0.4, 0.5) is 17.1 Å². The Morgan fingerprint density at radius 1 is 1.53 bits per heavy atom. The van der Waals surface area contributed by atoms with Gasteiger partial charge < -0.3 is 15.6 Å². The van der Waals surface area contributed by atoms with Crippen molar-refractivity contribution in [1.29, 1.82) is 0 Å². The van der Waals surface area contributed by atoms with E-state index < -0.39 is 4.92 Å². The van der Waals surface area contributed by atoms with Gasteiger partial charge in [0.15, 0.2) is 5.82 Å². The quantitative estimate of drug-likeness (QED) is 0.463. The minimum atomic E-state index is -0.501. The zero-order valence-electron chi connectivity index (χ0n) is 8.66. The molecule has 0 amide bonds. The molecule has 17 heavy (non-hydrogen) atoms. The van der Waals surface area contributed by atoms with Crippen LogP contribution < -0.4 is 11.1 Å². The Morgan fingerprint density at radius 3 is 2.94 bits per heavy atom. The molecule has 8 nitrogen and oxygen atoms in total. The summed E-state index contributed by atoms with van der Waals surface area (Å²) in [4.78, 5) is 13.8. The lowest BCUT2D eigenvalue weighted by molar-refractivity contribution is -0.384. The number of nitro groups is 1. The van der Waals surface area contributed by atoms with Crippen LogP contribution in [0.15, 0.2) is 29.1 Å². The fourth-order valence-corrected chi connectivity index (χ4v) is 1.27. The summed E-state index contributed by atoms with van der Waals surface area (Å²) in [5.41, 5.74) is 6.50. The molecule has 0 saturated carbocycles. The van der Waals surface area contributed by atoms with E-state index in [0.717, 1.165) is 0 Å². The zero-order chi connectivity index (χ0) is 12.3. The summed E-state index contributed by atoms with van der Waals surface area (Å²) in [7, 11) is 0. The van der Waals surface area contributed by atoms with E-state index in [4.69, 9.17) is 5.73 Å². The van der Waals surface area contributed by atoms with E-state index >= 15 is 0 Å². The van der Waals surface area contributed by atoms with Crippen molar-refractivity contribution in [2.45, 2.75) is 6.54 Å². The molecule has 0 bridgehead atoms. The van der Waals surface area contributed by atoms with Crippen molar-refractivity contribution in [3.8, 4) is 0 Å². The van der Waals surface area contributed by atoms with E-state index in [1.165, 1.54) is 24.6 Å². The average molecular weight is 235 g/mol. The van der Waals surface area contributed by atoms with Crippen molar-refractivity contribution < 1.29 is 9.45 Å². The summed E-state index contributed by atoms with van der Waals surface area (Å²) in [6.07, 6.45) is 1.22. The smallest absolute Gasteiger partial charge is 0.271 e. The third kappa shape index (κ3) is 2.48. The van der Waals surface area contributed by atoms with E-state index in [9.17, 15) is 10.1 Å². The number of anilines is 2. The first-order chi connectivity index (χ1) is 8.16. The number of nitrogens with two attached hydrogens (primary N) is 1. The monoisotopic (exact) mass is 235 g/mol. The van der Waals surface area contributed by atoms with Crippen molar-refractivity contribution in [2.75, 3.05) is 11.1 Å². The van der Waals surface area contributed by atoms with Crippen molar-refractivity contribution >= 4 is 17.1 Å². The van der Waals surface area contributed by atoms with Crippen LogP contribution in [0.5, 0.6) is 0 Å². The van der Waals surface area contributed by atoms with Gasteiger partial charge in [-0.15, -0.1) is 0 Å². The molecule has 0 aliphatic heterocycles. The van der Waals surface area contributed by atoms with Gasteiger partial charge in [0.05, 0.1) is 22.8 Å². The Balaban J connectivity index is 2.09. The topological polar surface area (TPSA) is 120 Å². The van der Waals surface area contributed by atoms with Gasteiger partial charge in [-0.1, -0.05) is 5.16 Å². The minimum absolute atomic E-state index is 0.0485. The first-order valence-electron chi connectivity index (χ1n) is 4.70. The lowest BCUT2D eigenvalue weighted by Gasteiger charge is -2.06. The first kappa shape index (κ1) is 10.9. The van der Waals surface area contributed by atoms with Crippen LogP contribution in [-0.4, -0.2) is 15.1 Å². The van der Waals surface area contributed by atoms with Crippen molar-refractivity contribution in [3.05, 3.63) is 40.5 Å². The second-order valence-electron chi connectivity index (χ2n) is 3.23. The number of rotatable bonds is 4. The van der Waals surface area contributed by atoms with Crippen LogP contribution in [0.2, 0.25) is 0 Å². The Morgan fingerprint density at radius 2 is 2.35 bits per heavy atom. The van der Waals surface area contributed by atoms with Crippen molar-refractivity contribution in [1.82, 2.24) is 10.1 Å². The van der Waals surface area contributed by atoms with Crippen LogP contribution in [0.1, 0.15) is 5.82 Å². The van der Waals surface area contributed by atoms with E-state index in [-0.39, 0.29) is 5.69 Å². The maximum absolute atomic E-state index is 10.5. The molecule has 0 fully saturated rings. The predicted molar refractivity (Wildman–Crippen MR) is 59.1 cm³/mol. The maximum Gasteiger partial charge on any atom is 0.271 e. The van der Waals surface area contributed by atoms with Crippen LogP contribution in [0.3, 0.4) is 0 Å². The average Bonchev–Trinajstić information content (AvgIpc) is 2.80. The van der Waals surface area contributed by atoms with Gasteiger partial charge in [0.25, 0.3) is 5.69 Å². The highest BCUT2D eigenvalue weighted by atomic mass is 16.6. The lowest BCUT2D eigenvalue weighted by atomic mass is 10.2. The fraction of sp³-hybridized carbons (Fsp3) is 0.111. The number of nitrogens with zero attached hydrogens (tertiary/aromatic N) is 3. The molecule has 0 aliphatic rings. The van der Waals surface area contributed by atoms with Gasteiger partial charge in [0, 0.05) is 12.1 Å². The predicted octanol–water partition coefficient (Wildman–Crippen LogP) is 1.17. The van der Waals surface area contributed by atoms with Gasteiger partial charge in [0.1, 0.15) is 0 Å². The Bertz CT molecular complexity index is 525. The van der Waals surface area contributed by atoms with Gasteiger partial charge >= 0.3 is 0 Å². The third-order valence-corrected chi connectivity index (χ3v) is 2.09. The summed E-state index contributed by atoms with van der Waals surface area (Å²) in [5.74, 6) is 0.475. The molecule has 0 radical (unpaired) electrons. The molecule has 0 saturated heterocycles. The van der Waals surface area contributed by atoms with E-state index in [0.29, 0.717) is 23.7 Å². The molecule has 1 aromatic heterocycles. The fourth-order valence-electron chi connectivity index (χ4n) is 1.27. The lowest BCUT2D eigenvalue weighted by Crippen LogP contribution is -2.04. The van der Waals surface area contributed by atoms with Crippen LogP contribution in [-0.2, 0) is 6.54 Å². The number of nitrogens with one attached hydrogen (secondary N) is 1. The molecule has 3 N–H and O–H groups in total. The third-order valence-electron chi connectivity index (χ3n) is 2.09.